The third kappa shape index (κ3) is 5.98. The lowest BCUT2D eigenvalue weighted by molar-refractivity contribution is 1.08. The van der Waals surface area contributed by atoms with Crippen LogP contribution in [-0.4, -0.2) is 19.5 Å². The molecule has 324 valence electrons. The maximum Gasteiger partial charge on any atom is 0.164 e. The van der Waals surface area contributed by atoms with E-state index < -0.39 is 0 Å². The quantitative estimate of drug-likeness (QED) is 0.162. The Kier molecular flexibility index (Phi) is 8.49. The molecule has 0 unspecified atom stereocenters. The van der Waals surface area contributed by atoms with Crippen LogP contribution < -0.4 is 0 Å². The lowest BCUT2D eigenvalue weighted by Gasteiger charge is -2.17. The van der Waals surface area contributed by atoms with Gasteiger partial charge >= 0.3 is 0 Å². The number of benzene rings is 12. The fraction of sp³-hybridized carbons (Fsp3) is 0. The minimum Gasteiger partial charge on any atom is -0.309 e. The molecule has 70 heavy (non-hydrogen) atoms. The fourth-order valence-corrected chi connectivity index (χ4v) is 12.2. The summed E-state index contributed by atoms with van der Waals surface area (Å²) in [5.74, 6) is 1.87. The third-order valence-electron chi connectivity index (χ3n) is 14.4. The molecular formula is C65H38N4S. The number of hydrogen-bond acceptors (Lipinski definition) is 4. The maximum atomic E-state index is 5.48. The number of thiophene rings is 1. The minimum atomic E-state index is 0.610. The Hall–Kier alpha value is -9.03. The van der Waals surface area contributed by atoms with E-state index in [1.54, 1.807) is 0 Å². The first-order valence-corrected chi connectivity index (χ1v) is 24.6. The van der Waals surface area contributed by atoms with E-state index in [1.807, 2.05) is 11.3 Å². The number of hydrogen-bond donors (Lipinski definition) is 0. The molecule has 0 amide bonds. The van der Waals surface area contributed by atoms with Gasteiger partial charge in [-0.15, -0.1) is 11.3 Å². The van der Waals surface area contributed by atoms with Crippen molar-refractivity contribution < 1.29 is 0 Å². The molecule has 0 spiro atoms. The van der Waals surface area contributed by atoms with Crippen LogP contribution in [-0.2, 0) is 0 Å². The van der Waals surface area contributed by atoms with E-state index in [-0.39, 0.29) is 0 Å². The summed E-state index contributed by atoms with van der Waals surface area (Å²) in [7, 11) is 0. The Morgan fingerprint density at radius 3 is 1.51 bits per heavy atom. The van der Waals surface area contributed by atoms with Gasteiger partial charge in [0, 0.05) is 53.2 Å². The van der Waals surface area contributed by atoms with E-state index in [1.165, 1.54) is 63.3 Å². The highest BCUT2D eigenvalue weighted by Gasteiger charge is 2.22. The first-order valence-electron chi connectivity index (χ1n) is 23.7. The van der Waals surface area contributed by atoms with Crippen LogP contribution in [0.2, 0.25) is 0 Å². The topological polar surface area (TPSA) is 43.6 Å². The predicted octanol–water partition coefficient (Wildman–Crippen LogP) is 17.8. The first kappa shape index (κ1) is 39.0. The van der Waals surface area contributed by atoms with Gasteiger partial charge in [0.2, 0.25) is 0 Å². The van der Waals surface area contributed by atoms with Crippen LogP contribution in [0, 0.1) is 0 Å². The van der Waals surface area contributed by atoms with Gasteiger partial charge in [-0.05, 0) is 114 Å². The van der Waals surface area contributed by atoms with Gasteiger partial charge in [0.25, 0.3) is 0 Å². The summed E-state index contributed by atoms with van der Waals surface area (Å²) in [6, 6.07) is 83.6. The highest BCUT2D eigenvalue weighted by molar-refractivity contribution is 7.25. The van der Waals surface area contributed by atoms with Crippen molar-refractivity contribution in [2.75, 3.05) is 0 Å². The Morgan fingerprint density at radius 2 is 0.814 bits per heavy atom. The van der Waals surface area contributed by atoms with Crippen molar-refractivity contribution in [2.24, 2.45) is 0 Å². The standard InChI is InChI=1S/C65H38N4S/c1-2-16-42-38-60-56(35-41(42)15-1)51-19-7-9-25-58(51)69(60)59-33-29-44(37-55(59)43-30-34-62-57(36-43)52-20-8-10-26-61(52)70-62)63-66-64(53-23-11-21-47-45-17-5-3-13-39(45)27-31-49(47)53)68-65(67-63)54-24-12-22-48-46-18-6-4-14-40(46)28-32-50(48)54/h1-38H. The molecule has 0 bridgehead atoms. The molecule has 0 aliphatic rings. The molecule has 4 nitrogen and oxygen atoms in total. The van der Waals surface area contributed by atoms with Gasteiger partial charge in [0.15, 0.2) is 17.5 Å². The molecular weight excluding hydrogens is 869 g/mol. The third-order valence-corrected chi connectivity index (χ3v) is 15.6. The molecule has 3 heterocycles. The summed E-state index contributed by atoms with van der Waals surface area (Å²) >= 11 is 1.84. The van der Waals surface area contributed by atoms with Gasteiger partial charge in [-0.1, -0.05) is 176 Å². The Balaban J connectivity index is 1.02. The zero-order valence-electron chi connectivity index (χ0n) is 37.6. The SMILES string of the molecule is c1ccc2cc3c(cc2c1)c1ccccc1n3-c1ccc(-c2nc(-c3cccc4c3ccc3ccccc34)nc(-c3cccc4c3ccc3ccccc34)n2)cc1-c1ccc2sc3ccccc3c2c1. The molecule has 0 aliphatic carbocycles. The summed E-state index contributed by atoms with van der Waals surface area (Å²) in [5.41, 5.74) is 8.43. The van der Waals surface area contributed by atoms with Gasteiger partial charge in [-0.2, -0.15) is 0 Å². The molecule has 15 rings (SSSR count). The Bertz CT molecular complexity index is 4540. The van der Waals surface area contributed by atoms with Crippen LogP contribution in [0.15, 0.2) is 231 Å². The molecule has 0 saturated heterocycles. The Morgan fingerprint density at radius 1 is 0.271 bits per heavy atom. The molecule has 15 aromatic rings. The van der Waals surface area contributed by atoms with E-state index in [0.29, 0.717) is 17.5 Å². The van der Waals surface area contributed by atoms with Crippen molar-refractivity contribution >= 4 is 107 Å². The first-order chi connectivity index (χ1) is 34.7. The van der Waals surface area contributed by atoms with E-state index in [9.17, 15) is 0 Å². The molecule has 0 atom stereocenters. The second kappa shape index (κ2) is 15.2. The van der Waals surface area contributed by atoms with E-state index in [0.717, 1.165) is 66.1 Å². The van der Waals surface area contributed by atoms with Crippen LogP contribution in [0.3, 0.4) is 0 Å². The highest BCUT2D eigenvalue weighted by Crippen LogP contribution is 2.43. The van der Waals surface area contributed by atoms with Crippen LogP contribution in [0.5, 0.6) is 0 Å². The number of aromatic nitrogens is 4. The average molecular weight is 907 g/mol. The van der Waals surface area contributed by atoms with E-state index >= 15 is 0 Å². The average Bonchev–Trinajstić information content (AvgIpc) is 3.96. The van der Waals surface area contributed by atoms with Gasteiger partial charge in [0.05, 0.1) is 16.7 Å². The predicted molar refractivity (Wildman–Crippen MR) is 296 cm³/mol. The molecule has 0 radical (unpaired) electrons. The molecule has 3 aromatic heterocycles. The number of nitrogens with zero attached hydrogens (tertiary/aromatic N) is 4. The molecule has 0 N–H and O–H groups in total. The van der Waals surface area contributed by atoms with E-state index in [4.69, 9.17) is 15.0 Å². The fourth-order valence-electron chi connectivity index (χ4n) is 11.1. The molecule has 0 saturated carbocycles. The molecule has 0 fully saturated rings. The van der Waals surface area contributed by atoms with Crippen molar-refractivity contribution in [3.8, 4) is 51.0 Å². The summed E-state index contributed by atoms with van der Waals surface area (Å²) in [6.07, 6.45) is 0. The van der Waals surface area contributed by atoms with Crippen LogP contribution in [0.1, 0.15) is 0 Å². The normalized spacial score (nSPS) is 12.0. The minimum absolute atomic E-state index is 0.610. The van der Waals surface area contributed by atoms with Crippen molar-refractivity contribution in [1.82, 2.24) is 19.5 Å². The summed E-state index contributed by atoms with van der Waals surface area (Å²) in [6.45, 7) is 0. The van der Waals surface area contributed by atoms with Gasteiger partial charge in [0.1, 0.15) is 0 Å². The largest absolute Gasteiger partial charge is 0.309 e. The monoisotopic (exact) mass is 906 g/mol. The highest BCUT2D eigenvalue weighted by atomic mass is 32.1. The zero-order chi connectivity index (χ0) is 45.9. The van der Waals surface area contributed by atoms with Crippen molar-refractivity contribution in [3.05, 3.63) is 231 Å². The van der Waals surface area contributed by atoms with Gasteiger partial charge in [-0.3, -0.25) is 0 Å². The number of para-hydroxylation sites is 1. The van der Waals surface area contributed by atoms with Crippen LogP contribution in [0.25, 0.3) is 147 Å². The van der Waals surface area contributed by atoms with E-state index in [2.05, 4.69) is 235 Å². The molecule has 0 aliphatic heterocycles. The van der Waals surface area contributed by atoms with Gasteiger partial charge < -0.3 is 4.57 Å². The lowest BCUT2D eigenvalue weighted by Crippen LogP contribution is -2.02. The number of fused-ring (bicyclic) bond motifs is 13. The second-order valence-electron chi connectivity index (χ2n) is 18.3. The maximum absolute atomic E-state index is 5.48. The summed E-state index contributed by atoms with van der Waals surface area (Å²) in [5, 5.41) is 16.7. The van der Waals surface area contributed by atoms with Crippen LogP contribution in [0.4, 0.5) is 0 Å². The van der Waals surface area contributed by atoms with Crippen molar-refractivity contribution in [1.29, 1.82) is 0 Å². The summed E-state index contributed by atoms with van der Waals surface area (Å²) < 4.78 is 5.01. The smallest absolute Gasteiger partial charge is 0.164 e. The molecule has 5 heteroatoms. The van der Waals surface area contributed by atoms with Gasteiger partial charge in [-0.25, -0.2) is 15.0 Å². The molecule has 12 aromatic carbocycles. The van der Waals surface area contributed by atoms with Crippen LogP contribution >= 0.6 is 11.3 Å². The van der Waals surface area contributed by atoms with Crippen molar-refractivity contribution in [2.45, 2.75) is 0 Å². The lowest BCUT2D eigenvalue weighted by atomic mass is 9.97. The summed E-state index contributed by atoms with van der Waals surface area (Å²) in [4.78, 5) is 16.4. The van der Waals surface area contributed by atoms with Crippen molar-refractivity contribution in [3.63, 3.8) is 0 Å². The zero-order valence-corrected chi connectivity index (χ0v) is 38.5. The number of rotatable bonds is 5. The Labute approximate surface area is 406 Å². The second-order valence-corrected chi connectivity index (χ2v) is 19.4.